The first-order chi connectivity index (χ1) is 12.1. The number of aryl methyl sites for hydroxylation is 2. The van der Waals surface area contributed by atoms with Crippen LogP contribution in [-0.2, 0) is 27.1 Å². The van der Waals surface area contributed by atoms with E-state index in [2.05, 4.69) is 27.4 Å². The summed E-state index contributed by atoms with van der Waals surface area (Å²) in [5.74, 6) is 0.995. The number of nitrogens with one attached hydrogen (secondary N) is 2. The van der Waals surface area contributed by atoms with Crippen molar-refractivity contribution in [2.45, 2.75) is 13.0 Å². The van der Waals surface area contributed by atoms with Crippen LogP contribution in [-0.4, -0.2) is 25.6 Å². The quantitative estimate of drug-likeness (QED) is 0.549. The number of rotatable bonds is 5. The lowest BCUT2D eigenvalue weighted by Gasteiger charge is -2.05. The third kappa shape index (κ3) is 2.85. The number of imidazole rings is 2. The lowest BCUT2D eigenvalue weighted by Crippen LogP contribution is -2.19. The molecule has 4 aromatic rings. The van der Waals surface area contributed by atoms with Gasteiger partial charge in [0.15, 0.2) is 0 Å². The van der Waals surface area contributed by atoms with Crippen molar-refractivity contribution in [2.75, 3.05) is 6.54 Å². The summed E-state index contributed by atoms with van der Waals surface area (Å²) in [6, 6.07) is 14.2. The van der Waals surface area contributed by atoms with Gasteiger partial charge in [0.1, 0.15) is 5.82 Å². The Hall–Kier alpha value is -2.86. The molecular weight excluding hydrogens is 314 g/mol. The van der Waals surface area contributed by atoms with Gasteiger partial charge in [-0.2, -0.15) is 0 Å². The number of para-hydroxylation sites is 2. The summed E-state index contributed by atoms with van der Waals surface area (Å²) < 4.78 is 3.36. The second-order valence-electron chi connectivity index (χ2n) is 6.35. The lowest BCUT2D eigenvalue weighted by molar-refractivity contribution is 0.675. The van der Waals surface area contributed by atoms with Crippen molar-refractivity contribution in [3.05, 3.63) is 64.3 Å². The van der Waals surface area contributed by atoms with Crippen LogP contribution in [0.1, 0.15) is 11.4 Å². The maximum atomic E-state index is 12.0. The van der Waals surface area contributed by atoms with Crippen LogP contribution in [0.2, 0.25) is 0 Å². The molecule has 0 aliphatic carbocycles. The highest BCUT2D eigenvalue weighted by Crippen LogP contribution is 2.14. The van der Waals surface area contributed by atoms with Crippen molar-refractivity contribution < 1.29 is 0 Å². The second-order valence-corrected chi connectivity index (χ2v) is 6.35. The van der Waals surface area contributed by atoms with E-state index in [0.29, 0.717) is 0 Å². The van der Waals surface area contributed by atoms with Gasteiger partial charge in [-0.05, 0) is 29.8 Å². The highest BCUT2D eigenvalue weighted by atomic mass is 16.1. The summed E-state index contributed by atoms with van der Waals surface area (Å²) in [7, 11) is 3.61. The maximum Gasteiger partial charge on any atom is 0.328 e. The van der Waals surface area contributed by atoms with E-state index >= 15 is 0 Å². The summed E-state index contributed by atoms with van der Waals surface area (Å²) >= 11 is 0. The van der Waals surface area contributed by atoms with E-state index in [9.17, 15) is 4.79 Å². The number of benzene rings is 2. The van der Waals surface area contributed by atoms with Crippen LogP contribution in [0.3, 0.4) is 0 Å². The molecule has 0 bridgehead atoms. The first kappa shape index (κ1) is 15.7. The van der Waals surface area contributed by atoms with Crippen molar-refractivity contribution in [1.29, 1.82) is 0 Å². The minimum atomic E-state index is 0.00462. The van der Waals surface area contributed by atoms with E-state index in [1.54, 1.807) is 16.2 Å². The zero-order valence-corrected chi connectivity index (χ0v) is 14.4. The Morgan fingerprint density at radius 3 is 2.72 bits per heavy atom. The third-order valence-electron chi connectivity index (χ3n) is 4.64. The molecule has 2 heterocycles. The van der Waals surface area contributed by atoms with E-state index in [1.807, 2.05) is 37.4 Å². The van der Waals surface area contributed by atoms with Crippen LogP contribution in [0, 0.1) is 0 Å². The lowest BCUT2D eigenvalue weighted by atomic mass is 10.2. The molecule has 2 N–H and O–H groups in total. The number of hydrogen-bond acceptors (Lipinski definition) is 3. The predicted molar refractivity (Wildman–Crippen MR) is 99.7 cm³/mol. The second kappa shape index (κ2) is 6.22. The molecule has 0 aliphatic rings. The Balaban J connectivity index is 1.40. The average molecular weight is 335 g/mol. The number of aromatic amines is 1. The fourth-order valence-electron chi connectivity index (χ4n) is 3.23. The third-order valence-corrected chi connectivity index (χ3v) is 4.64. The molecule has 25 heavy (non-hydrogen) atoms. The van der Waals surface area contributed by atoms with Crippen LogP contribution >= 0.6 is 0 Å². The molecule has 128 valence electrons. The van der Waals surface area contributed by atoms with E-state index < -0.39 is 0 Å². The summed E-state index contributed by atoms with van der Waals surface area (Å²) in [6.07, 6.45) is 0.848. The van der Waals surface area contributed by atoms with E-state index in [4.69, 9.17) is 0 Å². The van der Waals surface area contributed by atoms with Crippen molar-refractivity contribution in [1.82, 2.24) is 24.4 Å². The van der Waals surface area contributed by atoms with E-state index in [-0.39, 0.29) is 5.69 Å². The molecule has 0 spiro atoms. The Morgan fingerprint density at radius 2 is 1.88 bits per heavy atom. The molecule has 0 aliphatic heterocycles. The molecule has 0 unspecified atom stereocenters. The standard InChI is InChI=1S/C19H21N5O/c1-23-16-8-7-13(11-17(16)24(2)19(23)25)12-20-10-9-18-21-14-5-3-4-6-15(14)22-18/h3-8,11,20H,9-10,12H2,1-2H3,(H,21,22). The molecular formula is C19H21N5O. The zero-order chi connectivity index (χ0) is 17.4. The molecule has 2 aromatic carbocycles. The van der Waals surface area contributed by atoms with Crippen molar-refractivity contribution >= 4 is 22.1 Å². The molecule has 4 rings (SSSR count). The summed E-state index contributed by atoms with van der Waals surface area (Å²) in [5.41, 5.74) is 5.17. The van der Waals surface area contributed by atoms with Gasteiger partial charge in [-0.25, -0.2) is 9.78 Å². The van der Waals surface area contributed by atoms with Gasteiger partial charge in [-0.15, -0.1) is 0 Å². The molecule has 0 saturated carbocycles. The SMILES string of the molecule is Cn1c(=O)n(C)c2cc(CNCCc3nc4ccccc4[nH]3)ccc21. The van der Waals surface area contributed by atoms with Crippen LogP contribution in [0.4, 0.5) is 0 Å². The summed E-state index contributed by atoms with van der Waals surface area (Å²) in [4.78, 5) is 19.9. The normalized spacial score (nSPS) is 11.6. The predicted octanol–water partition coefficient (Wildman–Crippen LogP) is 2.09. The fraction of sp³-hybridized carbons (Fsp3) is 0.263. The molecule has 6 heteroatoms. The van der Waals surface area contributed by atoms with Gasteiger partial charge in [0, 0.05) is 33.6 Å². The number of hydrogen-bond donors (Lipinski definition) is 2. The summed E-state index contributed by atoms with van der Waals surface area (Å²) in [6.45, 7) is 1.60. The smallest absolute Gasteiger partial charge is 0.328 e. The molecule has 0 saturated heterocycles. The first-order valence-corrected chi connectivity index (χ1v) is 8.42. The summed E-state index contributed by atoms with van der Waals surface area (Å²) in [5, 5.41) is 3.45. The van der Waals surface area contributed by atoms with Gasteiger partial charge < -0.3 is 10.3 Å². The number of nitrogens with zero attached hydrogens (tertiary/aromatic N) is 3. The van der Waals surface area contributed by atoms with Crippen LogP contribution < -0.4 is 11.0 Å². The van der Waals surface area contributed by atoms with Crippen molar-refractivity contribution in [3.8, 4) is 0 Å². The van der Waals surface area contributed by atoms with Gasteiger partial charge in [-0.3, -0.25) is 9.13 Å². The van der Waals surface area contributed by atoms with Crippen LogP contribution in [0.15, 0.2) is 47.3 Å². The van der Waals surface area contributed by atoms with Gasteiger partial charge in [0.2, 0.25) is 0 Å². The minimum Gasteiger partial charge on any atom is -0.342 e. The Bertz CT molecular complexity index is 1070. The van der Waals surface area contributed by atoms with Gasteiger partial charge >= 0.3 is 5.69 Å². The van der Waals surface area contributed by atoms with Crippen LogP contribution in [0.5, 0.6) is 0 Å². The van der Waals surface area contributed by atoms with Crippen molar-refractivity contribution in [2.24, 2.45) is 14.1 Å². The Labute approximate surface area is 145 Å². The molecule has 0 atom stereocenters. The van der Waals surface area contributed by atoms with E-state index in [1.165, 1.54) is 5.56 Å². The monoisotopic (exact) mass is 335 g/mol. The number of fused-ring (bicyclic) bond motifs is 2. The Kier molecular flexibility index (Phi) is 3.89. The molecule has 2 aromatic heterocycles. The van der Waals surface area contributed by atoms with Crippen LogP contribution in [0.25, 0.3) is 22.1 Å². The largest absolute Gasteiger partial charge is 0.342 e. The fourth-order valence-corrected chi connectivity index (χ4v) is 3.23. The highest BCUT2D eigenvalue weighted by Gasteiger charge is 2.08. The Morgan fingerprint density at radius 1 is 1.08 bits per heavy atom. The molecule has 0 fully saturated rings. The minimum absolute atomic E-state index is 0.00462. The highest BCUT2D eigenvalue weighted by molar-refractivity contribution is 5.77. The average Bonchev–Trinajstić information content (AvgIpc) is 3.14. The molecule has 6 nitrogen and oxygen atoms in total. The number of aromatic nitrogens is 4. The van der Waals surface area contributed by atoms with Crippen molar-refractivity contribution in [3.63, 3.8) is 0 Å². The van der Waals surface area contributed by atoms with Gasteiger partial charge in [0.25, 0.3) is 0 Å². The maximum absolute atomic E-state index is 12.0. The topological polar surface area (TPSA) is 67.6 Å². The van der Waals surface area contributed by atoms with Gasteiger partial charge in [0.05, 0.1) is 22.1 Å². The van der Waals surface area contributed by atoms with E-state index in [0.717, 1.165) is 47.4 Å². The molecule has 0 amide bonds. The molecule has 0 radical (unpaired) electrons. The zero-order valence-electron chi connectivity index (χ0n) is 14.4. The first-order valence-electron chi connectivity index (χ1n) is 8.42. The van der Waals surface area contributed by atoms with Gasteiger partial charge in [-0.1, -0.05) is 18.2 Å². The number of H-pyrrole nitrogens is 1.